The predicted octanol–water partition coefficient (Wildman–Crippen LogP) is 2.38. The molecule has 146 valence electrons. The van der Waals surface area contributed by atoms with Crippen molar-refractivity contribution in [2.75, 3.05) is 13.7 Å². The number of ether oxygens (including phenoxy) is 1. The highest BCUT2D eigenvalue weighted by molar-refractivity contribution is 5.73. The van der Waals surface area contributed by atoms with Crippen LogP contribution in [0.3, 0.4) is 0 Å². The molecule has 2 aromatic carbocycles. The molecular weight excluding hydrogens is 370 g/mol. The van der Waals surface area contributed by atoms with Gasteiger partial charge in [0, 0.05) is 12.5 Å². The molecule has 1 amide bonds. The van der Waals surface area contributed by atoms with E-state index in [4.69, 9.17) is 9.57 Å². The monoisotopic (exact) mass is 388 g/mol. The van der Waals surface area contributed by atoms with Crippen molar-refractivity contribution in [1.82, 2.24) is 10.8 Å². The van der Waals surface area contributed by atoms with Crippen molar-refractivity contribution >= 4 is 11.6 Å². The quantitative estimate of drug-likeness (QED) is 0.823. The minimum atomic E-state index is -0.791. The molecule has 0 saturated carbocycles. The van der Waals surface area contributed by atoms with Crippen LogP contribution >= 0.6 is 0 Å². The van der Waals surface area contributed by atoms with Crippen molar-refractivity contribution in [2.45, 2.75) is 13.0 Å². The van der Waals surface area contributed by atoms with Crippen LogP contribution < -0.4 is 21.0 Å². The number of hydrogen-bond acceptors (Lipinski definition) is 5. The summed E-state index contributed by atoms with van der Waals surface area (Å²) in [4.78, 5) is 28.0. The first-order valence-electron chi connectivity index (χ1n) is 8.45. The average Bonchev–Trinajstić information content (AvgIpc) is 3.04. The van der Waals surface area contributed by atoms with Crippen LogP contribution in [0.25, 0.3) is 16.8 Å². The van der Waals surface area contributed by atoms with Crippen LogP contribution in [0.2, 0.25) is 0 Å². The molecule has 3 rings (SSSR count). The van der Waals surface area contributed by atoms with Crippen LogP contribution in [0, 0.1) is 11.6 Å². The van der Waals surface area contributed by atoms with Gasteiger partial charge in [-0.25, -0.2) is 8.78 Å². The van der Waals surface area contributed by atoms with Crippen molar-refractivity contribution in [1.29, 1.82) is 0 Å². The largest absolute Gasteiger partial charge is 0.493 e. The van der Waals surface area contributed by atoms with Gasteiger partial charge in [0.15, 0.2) is 5.75 Å². The van der Waals surface area contributed by atoms with Gasteiger partial charge in [0.05, 0.1) is 24.9 Å². The number of carbonyl (C=O) groups is 1. The average molecular weight is 388 g/mol. The lowest BCUT2D eigenvalue weighted by Gasteiger charge is -2.09. The molecular formula is C20H18F2N2O4. The Morgan fingerprint density at radius 2 is 1.86 bits per heavy atom. The first-order valence-corrected chi connectivity index (χ1v) is 8.45. The van der Waals surface area contributed by atoms with Gasteiger partial charge in [-0.2, -0.15) is 0 Å². The zero-order chi connectivity index (χ0) is 20.3. The summed E-state index contributed by atoms with van der Waals surface area (Å²) in [5.41, 5.74) is 2.81. The van der Waals surface area contributed by atoms with Crippen LogP contribution in [0.5, 0.6) is 5.75 Å². The van der Waals surface area contributed by atoms with E-state index in [9.17, 15) is 18.4 Å². The molecule has 0 aromatic heterocycles. The van der Waals surface area contributed by atoms with Gasteiger partial charge in [0.2, 0.25) is 11.3 Å². The smallest absolute Gasteiger partial charge is 0.220 e. The van der Waals surface area contributed by atoms with Gasteiger partial charge in [0.1, 0.15) is 17.7 Å². The molecule has 1 aliphatic heterocycles. The molecule has 0 bridgehead atoms. The molecule has 2 N–H and O–H groups in total. The minimum Gasteiger partial charge on any atom is -0.493 e. The maximum atomic E-state index is 14.7. The van der Waals surface area contributed by atoms with Crippen molar-refractivity contribution in [3.8, 4) is 16.9 Å². The zero-order valence-electron chi connectivity index (χ0n) is 15.2. The fraction of sp³-hybridized carbons (Fsp3) is 0.200. The lowest BCUT2D eigenvalue weighted by Crippen LogP contribution is -2.30. The van der Waals surface area contributed by atoms with Crippen molar-refractivity contribution in [2.24, 2.45) is 0 Å². The molecule has 0 spiro atoms. The third kappa shape index (κ3) is 4.17. The number of carbonyl (C=O) groups excluding carboxylic acids is 1. The third-order valence-corrected chi connectivity index (χ3v) is 4.16. The Kier molecular flexibility index (Phi) is 5.70. The summed E-state index contributed by atoms with van der Waals surface area (Å²) in [6.07, 6.45) is 1.17. The highest BCUT2D eigenvalue weighted by Crippen LogP contribution is 2.30. The summed E-state index contributed by atoms with van der Waals surface area (Å²) in [5, 5.41) is 2.60. The second-order valence-corrected chi connectivity index (χ2v) is 6.15. The van der Waals surface area contributed by atoms with E-state index in [1.165, 1.54) is 50.4 Å². The Morgan fingerprint density at radius 3 is 2.50 bits per heavy atom. The summed E-state index contributed by atoms with van der Waals surface area (Å²) in [7, 11) is 1.34. The van der Waals surface area contributed by atoms with E-state index in [1.54, 1.807) is 6.08 Å². The van der Waals surface area contributed by atoms with E-state index in [0.717, 1.165) is 0 Å². The van der Waals surface area contributed by atoms with E-state index in [2.05, 4.69) is 10.8 Å². The Bertz CT molecular complexity index is 985. The Labute approximate surface area is 159 Å². The summed E-state index contributed by atoms with van der Waals surface area (Å²) in [6.45, 7) is 1.61. The molecule has 0 saturated heterocycles. The normalized spacial score (nSPS) is 15.6. The Morgan fingerprint density at radius 1 is 1.18 bits per heavy atom. The summed E-state index contributed by atoms with van der Waals surface area (Å²) in [5.74, 6) is -1.71. The highest BCUT2D eigenvalue weighted by Gasteiger charge is 2.21. The molecule has 1 atom stereocenters. The van der Waals surface area contributed by atoms with Crippen LogP contribution in [-0.2, 0) is 9.63 Å². The first-order chi connectivity index (χ1) is 13.4. The van der Waals surface area contributed by atoms with E-state index >= 15 is 0 Å². The Hall–Kier alpha value is -3.26. The second-order valence-electron chi connectivity index (χ2n) is 6.15. The zero-order valence-corrected chi connectivity index (χ0v) is 15.2. The molecule has 8 heteroatoms. The van der Waals surface area contributed by atoms with Crippen LogP contribution in [0.15, 0.2) is 47.3 Å². The standard InChI is InChI=1S/C20H18F2N2O4/c1-11(25)23-10-14-9-17(24-28-14)13-7-15(21)20(16(22)8-13)12-3-5-18(26)19(27-2)6-4-12/h3-9,14,24H,10H2,1-2H3,(H,23,25). The number of nitrogens with one attached hydrogen (secondary N) is 2. The first kappa shape index (κ1) is 19.5. The number of halogens is 2. The van der Waals surface area contributed by atoms with E-state index in [1.807, 2.05) is 0 Å². The molecule has 0 fully saturated rings. The number of amides is 1. The SMILES string of the molecule is COc1ccc(-c2c(F)cc(C3=CC(CNC(C)=O)ON3)cc2F)ccc1=O. The number of rotatable bonds is 5. The number of hydroxylamine groups is 1. The minimum absolute atomic E-state index is 0.0753. The van der Waals surface area contributed by atoms with Gasteiger partial charge >= 0.3 is 0 Å². The van der Waals surface area contributed by atoms with Gasteiger partial charge in [0.25, 0.3) is 0 Å². The molecule has 2 aromatic rings. The molecule has 1 unspecified atom stereocenters. The lowest BCUT2D eigenvalue weighted by atomic mass is 10.0. The maximum Gasteiger partial charge on any atom is 0.220 e. The maximum absolute atomic E-state index is 14.7. The van der Waals surface area contributed by atoms with E-state index < -0.39 is 23.2 Å². The molecule has 0 aliphatic carbocycles. The fourth-order valence-corrected chi connectivity index (χ4v) is 2.78. The van der Waals surface area contributed by atoms with Crippen LogP contribution in [0.4, 0.5) is 8.78 Å². The third-order valence-electron chi connectivity index (χ3n) is 4.16. The summed E-state index contributed by atoms with van der Waals surface area (Å²) in [6, 6.07) is 7.66. The van der Waals surface area contributed by atoms with Gasteiger partial charge < -0.3 is 10.1 Å². The molecule has 1 heterocycles. The molecule has 28 heavy (non-hydrogen) atoms. The van der Waals surface area contributed by atoms with Gasteiger partial charge in [-0.15, -0.1) is 0 Å². The number of methoxy groups -OCH3 is 1. The molecule has 1 aliphatic rings. The molecule has 6 nitrogen and oxygen atoms in total. The van der Waals surface area contributed by atoms with Crippen molar-refractivity contribution in [3.63, 3.8) is 0 Å². The predicted molar refractivity (Wildman–Crippen MR) is 99.3 cm³/mol. The van der Waals surface area contributed by atoms with Crippen LogP contribution in [0.1, 0.15) is 12.5 Å². The second kappa shape index (κ2) is 8.18. The van der Waals surface area contributed by atoms with Gasteiger partial charge in [-0.3, -0.25) is 19.9 Å². The lowest BCUT2D eigenvalue weighted by molar-refractivity contribution is -0.119. The Balaban J connectivity index is 1.92. The van der Waals surface area contributed by atoms with Gasteiger partial charge in [-0.05, 0) is 35.9 Å². The summed E-state index contributed by atoms with van der Waals surface area (Å²) < 4.78 is 34.3. The van der Waals surface area contributed by atoms with Crippen molar-refractivity contribution in [3.05, 3.63) is 69.9 Å². The fourth-order valence-electron chi connectivity index (χ4n) is 2.78. The summed E-state index contributed by atoms with van der Waals surface area (Å²) >= 11 is 0. The number of benzene rings is 1. The number of hydrogen-bond donors (Lipinski definition) is 2. The van der Waals surface area contributed by atoms with Gasteiger partial charge in [-0.1, -0.05) is 12.1 Å². The molecule has 0 radical (unpaired) electrons. The topological polar surface area (TPSA) is 76.7 Å². The van der Waals surface area contributed by atoms with E-state index in [-0.39, 0.29) is 34.9 Å². The van der Waals surface area contributed by atoms with E-state index in [0.29, 0.717) is 5.70 Å². The van der Waals surface area contributed by atoms with Crippen LogP contribution in [-0.4, -0.2) is 25.7 Å². The highest BCUT2D eigenvalue weighted by atomic mass is 19.1. The van der Waals surface area contributed by atoms with Crippen molar-refractivity contribution < 1.29 is 23.1 Å².